The predicted octanol–water partition coefficient (Wildman–Crippen LogP) is 15.6. The topological polar surface area (TPSA) is 25.8 Å². The van der Waals surface area contributed by atoms with Gasteiger partial charge in [-0.3, -0.25) is 0 Å². The normalized spacial score (nSPS) is 18.9. The second-order valence-electron chi connectivity index (χ2n) is 15.3. The molecule has 0 spiro atoms. The summed E-state index contributed by atoms with van der Waals surface area (Å²) < 4.78 is 0. The van der Waals surface area contributed by atoms with Crippen molar-refractivity contribution in [2.24, 2.45) is 5.92 Å². The molecule has 0 saturated carbocycles. The molecule has 3 aromatic rings. The lowest BCUT2D eigenvalue weighted by Gasteiger charge is -2.15. The maximum atomic E-state index is 5.26. The van der Waals surface area contributed by atoms with Crippen molar-refractivity contribution in [3.8, 4) is 11.3 Å². The predicted molar refractivity (Wildman–Crippen MR) is 258 cm³/mol. The number of hydrogen-bond donors (Lipinski definition) is 0. The van der Waals surface area contributed by atoms with Gasteiger partial charge in [0, 0.05) is 23.1 Å². The maximum Gasteiger partial charge on any atom is 0.156 e. The third-order valence-electron chi connectivity index (χ3n) is 10.8. The zero-order valence-electron chi connectivity index (χ0n) is 35.4. The van der Waals surface area contributed by atoms with Crippen LogP contribution >= 0.6 is 0 Å². The Hall–Kier alpha value is -6.38. The van der Waals surface area contributed by atoms with Gasteiger partial charge in [0.2, 0.25) is 0 Å². The van der Waals surface area contributed by atoms with E-state index in [0.29, 0.717) is 5.92 Å². The molecule has 296 valence electrons. The van der Waals surface area contributed by atoms with E-state index in [1.54, 1.807) is 0 Å². The van der Waals surface area contributed by atoms with E-state index < -0.39 is 0 Å². The molecule has 0 radical (unpaired) electrons. The van der Waals surface area contributed by atoms with E-state index >= 15 is 0 Å². The third kappa shape index (κ3) is 10.8. The largest absolute Gasteiger partial charge is 0.228 e. The second kappa shape index (κ2) is 20.9. The fraction of sp³-hybridized carbons (Fsp3) is 0.193. The molecule has 6 rings (SSSR count). The van der Waals surface area contributed by atoms with Crippen molar-refractivity contribution in [1.82, 2.24) is 9.97 Å². The molecular weight excluding hydrogens is 713 g/mol. The fourth-order valence-electron chi connectivity index (χ4n) is 7.66. The van der Waals surface area contributed by atoms with Gasteiger partial charge in [-0.25, -0.2) is 9.97 Å². The Bertz CT molecular complexity index is 2450. The molecule has 0 N–H and O–H groups in total. The minimum Gasteiger partial charge on any atom is -0.228 e. The SMILES string of the molecule is C=CCC/C(=C\CC)c1cc(C2=CCC=CC(C/C=C\C=C(/C)c3nc4c(c(-c5ccccc5)n3)CC3=C4C(=C)/C=C\C=C/C(C)/C=C\3)=C2)cc(/C(C=C)=C/C=C\C)c1. The van der Waals surface area contributed by atoms with Crippen LogP contribution in [0.4, 0.5) is 0 Å². The van der Waals surface area contributed by atoms with Crippen molar-refractivity contribution in [3.63, 3.8) is 0 Å². The summed E-state index contributed by atoms with van der Waals surface area (Å²) in [6.45, 7) is 21.2. The van der Waals surface area contributed by atoms with Crippen molar-refractivity contribution in [1.29, 1.82) is 0 Å². The summed E-state index contributed by atoms with van der Waals surface area (Å²) in [5.74, 6) is 1.06. The van der Waals surface area contributed by atoms with Crippen molar-refractivity contribution >= 4 is 27.9 Å². The minimum atomic E-state index is 0.330. The van der Waals surface area contributed by atoms with Crippen LogP contribution in [-0.4, -0.2) is 9.97 Å². The van der Waals surface area contributed by atoms with Crippen LogP contribution in [0.2, 0.25) is 0 Å². The highest BCUT2D eigenvalue weighted by molar-refractivity contribution is 5.91. The molecule has 3 aliphatic carbocycles. The molecule has 1 aromatic heterocycles. The van der Waals surface area contributed by atoms with Crippen LogP contribution in [0, 0.1) is 5.92 Å². The van der Waals surface area contributed by atoms with E-state index in [1.807, 2.05) is 19.1 Å². The van der Waals surface area contributed by atoms with Crippen molar-refractivity contribution < 1.29 is 0 Å². The van der Waals surface area contributed by atoms with Gasteiger partial charge in [-0.05, 0) is 126 Å². The number of fused-ring (bicyclic) bond motifs is 2. The summed E-state index contributed by atoms with van der Waals surface area (Å²) >= 11 is 0. The number of allylic oxidation sites excluding steroid dienone is 27. The average molecular weight is 771 g/mol. The average Bonchev–Trinajstić information content (AvgIpc) is 3.46. The third-order valence-corrected chi connectivity index (χ3v) is 10.8. The van der Waals surface area contributed by atoms with Crippen LogP contribution in [0.15, 0.2) is 200 Å². The van der Waals surface area contributed by atoms with E-state index in [9.17, 15) is 0 Å². The molecule has 2 aromatic carbocycles. The summed E-state index contributed by atoms with van der Waals surface area (Å²) in [5.41, 5.74) is 17.1. The minimum absolute atomic E-state index is 0.330. The Balaban J connectivity index is 1.31. The van der Waals surface area contributed by atoms with E-state index in [2.05, 4.69) is 192 Å². The van der Waals surface area contributed by atoms with E-state index in [-0.39, 0.29) is 0 Å². The first-order valence-electron chi connectivity index (χ1n) is 21.1. The van der Waals surface area contributed by atoms with Crippen molar-refractivity contribution in [2.75, 3.05) is 0 Å². The summed E-state index contributed by atoms with van der Waals surface area (Å²) in [5, 5.41) is 0. The Morgan fingerprint density at radius 1 is 0.898 bits per heavy atom. The first kappa shape index (κ1) is 42.2. The van der Waals surface area contributed by atoms with Gasteiger partial charge in [0.25, 0.3) is 0 Å². The maximum absolute atomic E-state index is 5.26. The summed E-state index contributed by atoms with van der Waals surface area (Å²) in [6, 6.07) is 17.5. The molecule has 3 aliphatic rings. The fourth-order valence-corrected chi connectivity index (χ4v) is 7.66. The highest BCUT2D eigenvalue weighted by atomic mass is 14.9. The van der Waals surface area contributed by atoms with Gasteiger partial charge >= 0.3 is 0 Å². The Labute approximate surface area is 354 Å². The molecule has 59 heavy (non-hydrogen) atoms. The molecule has 2 heteroatoms. The number of nitrogens with zero attached hydrogens (tertiary/aromatic N) is 2. The van der Waals surface area contributed by atoms with Crippen LogP contribution in [0.25, 0.3) is 39.1 Å². The number of benzene rings is 2. The first-order chi connectivity index (χ1) is 28.8. The lowest BCUT2D eigenvalue weighted by atomic mass is 9.90. The molecule has 0 aliphatic heterocycles. The molecule has 1 atom stereocenters. The van der Waals surface area contributed by atoms with E-state index in [0.717, 1.165) is 89.2 Å². The highest BCUT2D eigenvalue weighted by Gasteiger charge is 2.28. The molecule has 1 heterocycles. The van der Waals surface area contributed by atoms with Crippen molar-refractivity contribution in [3.05, 3.63) is 234 Å². The zero-order chi connectivity index (χ0) is 41.6. The van der Waals surface area contributed by atoms with Gasteiger partial charge < -0.3 is 0 Å². The molecule has 2 nitrogen and oxygen atoms in total. The monoisotopic (exact) mass is 770 g/mol. The van der Waals surface area contributed by atoms with Gasteiger partial charge in [-0.1, -0.05) is 173 Å². The lowest BCUT2D eigenvalue weighted by molar-refractivity contribution is 0.937. The summed E-state index contributed by atoms with van der Waals surface area (Å²) in [7, 11) is 0. The Morgan fingerprint density at radius 3 is 2.49 bits per heavy atom. The van der Waals surface area contributed by atoms with Crippen LogP contribution < -0.4 is 0 Å². The van der Waals surface area contributed by atoms with Gasteiger partial charge in [-0.15, -0.1) is 6.58 Å². The number of rotatable bonds is 14. The first-order valence-corrected chi connectivity index (χ1v) is 21.1. The van der Waals surface area contributed by atoms with Crippen molar-refractivity contribution in [2.45, 2.75) is 66.2 Å². The smallest absolute Gasteiger partial charge is 0.156 e. The van der Waals surface area contributed by atoms with Gasteiger partial charge in [0.05, 0.1) is 11.4 Å². The van der Waals surface area contributed by atoms with Gasteiger partial charge in [0.15, 0.2) is 5.82 Å². The standard InChI is InChI=1S/C57H58N2/c1-8-12-29-45(11-4)50-37-51(46(23-10-3)30-13-9-2)39-52(38-50)48-33-22-21-28-44(36-48)27-20-19-26-43(7)57-58-55(47-31-15-14-16-32-47)53-40-49-35-34-41(5)24-17-18-25-42(6)54(49)56(53)59-57/h8-9,11-12,14-21,23-26,28-29,31-39,41H,2,4,6,10,13,22,27,30,40H2,1,3,5,7H3/b12-8-,20-19-,24-17-,25-18-,35-34-,43-26+,45-29+,46-23+. The lowest BCUT2D eigenvalue weighted by Crippen LogP contribution is -2.03. The quantitative estimate of drug-likeness (QED) is 0.121. The molecular formula is C57H58N2. The van der Waals surface area contributed by atoms with Crippen LogP contribution in [0.5, 0.6) is 0 Å². The van der Waals surface area contributed by atoms with Crippen LogP contribution in [0.3, 0.4) is 0 Å². The molecule has 0 fully saturated rings. The molecule has 0 amide bonds. The molecule has 0 saturated heterocycles. The molecule has 1 unspecified atom stereocenters. The Kier molecular flexibility index (Phi) is 14.9. The van der Waals surface area contributed by atoms with Crippen LogP contribution in [-0.2, 0) is 6.42 Å². The number of hydrogen-bond acceptors (Lipinski definition) is 2. The van der Waals surface area contributed by atoms with E-state index in [1.165, 1.54) is 39.0 Å². The highest BCUT2D eigenvalue weighted by Crippen LogP contribution is 2.42. The summed E-state index contributed by atoms with van der Waals surface area (Å²) in [6.07, 6.45) is 46.7. The van der Waals surface area contributed by atoms with Gasteiger partial charge in [-0.2, -0.15) is 0 Å². The molecule has 0 bridgehead atoms. The zero-order valence-corrected chi connectivity index (χ0v) is 35.4. The second-order valence-corrected chi connectivity index (χ2v) is 15.3. The number of aromatic nitrogens is 2. The van der Waals surface area contributed by atoms with E-state index in [4.69, 9.17) is 9.97 Å². The van der Waals surface area contributed by atoms with Crippen LogP contribution in [0.1, 0.15) is 93.6 Å². The summed E-state index contributed by atoms with van der Waals surface area (Å²) in [4.78, 5) is 10.5. The van der Waals surface area contributed by atoms with Gasteiger partial charge in [0.1, 0.15) is 0 Å². The Morgan fingerprint density at radius 2 is 1.71 bits per heavy atom.